The van der Waals surface area contributed by atoms with E-state index in [0.717, 1.165) is 5.56 Å². The molecular weight excluding hydrogens is 254 g/mol. The Kier molecular flexibility index (Phi) is 4.70. The average Bonchev–Trinajstić information content (AvgIpc) is 2.35. The quantitative estimate of drug-likeness (QED) is 0.820. The highest BCUT2D eigenvalue weighted by molar-refractivity contribution is 7.67. The van der Waals surface area contributed by atoms with Crippen molar-refractivity contribution in [3.8, 4) is 11.8 Å². The highest BCUT2D eigenvalue weighted by atomic mass is 32.2. The van der Waals surface area contributed by atoms with Gasteiger partial charge in [0.05, 0.1) is 25.2 Å². The molecule has 0 heterocycles. The SMILES string of the molecule is COc1ccc(C(C)(C)C#N)cc1CO[SH](=O)=O. The smallest absolute Gasteiger partial charge is 0.257 e. The molecule has 1 rings (SSSR count). The lowest BCUT2D eigenvalue weighted by Gasteiger charge is -2.18. The average molecular weight is 269 g/mol. The summed E-state index contributed by atoms with van der Waals surface area (Å²) in [7, 11) is -1.41. The molecular formula is C12H15NO4S. The Morgan fingerprint density at radius 1 is 1.39 bits per heavy atom. The third-order valence-electron chi connectivity index (χ3n) is 2.61. The molecule has 6 heteroatoms. The molecule has 0 spiro atoms. The Hall–Kier alpha value is -1.58. The van der Waals surface area contributed by atoms with E-state index >= 15 is 0 Å². The summed E-state index contributed by atoms with van der Waals surface area (Å²) in [5.41, 5.74) is 0.726. The molecule has 1 aromatic rings. The van der Waals surface area contributed by atoms with E-state index in [-0.39, 0.29) is 6.61 Å². The molecule has 0 aromatic heterocycles. The highest BCUT2D eigenvalue weighted by Crippen LogP contribution is 2.28. The zero-order valence-electron chi connectivity index (χ0n) is 10.5. The summed E-state index contributed by atoms with van der Waals surface area (Å²) in [6.45, 7) is 3.47. The van der Waals surface area contributed by atoms with E-state index in [9.17, 15) is 8.42 Å². The molecule has 18 heavy (non-hydrogen) atoms. The van der Waals surface area contributed by atoms with Crippen LogP contribution in [0, 0.1) is 11.3 Å². The van der Waals surface area contributed by atoms with Crippen LogP contribution in [0.1, 0.15) is 25.0 Å². The monoisotopic (exact) mass is 269 g/mol. The van der Waals surface area contributed by atoms with Gasteiger partial charge < -0.3 is 4.74 Å². The molecule has 0 aliphatic heterocycles. The Morgan fingerprint density at radius 3 is 2.56 bits per heavy atom. The molecule has 0 amide bonds. The summed E-state index contributed by atoms with van der Waals surface area (Å²) in [6.07, 6.45) is 0. The van der Waals surface area contributed by atoms with E-state index in [1.54, 1.807) is 32.0 Å². The number of nitriles is 1. The number of rotatable bonds is 5. The molecule has 0 aliphatic carbocycles. The second-order valence-corrected chi connectivity index (χ2v) is 4.97. The van der Waals surface area contributed by atoms with Crippen LogP contribution in [0.4, 0.5) is 0 Å². The minimum atomic E-state index is -2.90. The first-order valence-electron chi connectivity index (χ1n) is 5.26. The summed E-state index contributed by atoms with van der Waals surface area (Å²) in [5, 5.41) is 9.07. The third-order valence-corrected chi connectivity index (χ3v) is 2.95. The molecule has 0 bridgehead atoms. The van der Waals surface area contributed by atoms with Crippen molar-refractivity contribution < 1.29 is 17.3 Å². The van der Waals surface area contributed by atoms with Crippen LogP contribution in [-0.2, 0) is 27.2 Å². The maximum atomic E-state index is 10.4. The summed E-state index contributed by atoms with van der Waals surface area (Å²) >= 11 is 0. The third kappa shape index (κ3) is 3.45. The van der Waals surface area contributed by atoms with Crippen molar-refractivity contribution >= 4 is 11.0 Å². The molecule has 0 aliphatic rings. The molecule has 0 radical (unpaired) electrons. The van der Waals surface area contributed by atoms with E-state index in [0.29, 0.717) is 11.3 Å². The van der Waals surface area contributed by atoms with Crippen LogP contribution in [-0.4, -0.2) is 15.5 Å². The first kappa shape index (κ1) is 14.5. The Morgan fingerprint density at radius 2 is 2.06 bits per heavy atom. The number of nitrogens with zero attached hydrogens (tertiary/aromatic N) is 1. The number of hydrogen-bond donors (Lipinski definition) is 1. The predicted molar refractivity (Wildman–Crippen MR) is 66.7 cm³/mol. The predicted octanol–water partition coefficient (Wildman–Crippen LogP) is 1.54. The number of ether oxygens (including phenoxy) is 1. The molecule has 1 aromatic carbocycles. The molecule has 0 saturated carbocycles. The van der Waals surface area contributed by atoms with Crippen molar-refractivity contribution in [2.75, 3.05) is 7.11 Å². The van der Waals surface area contributed by atoms with Gasteiger partial charge in [0.15, 0.2) is 0 Å². The molecule has 0 unspecified atom stereocenters. The van der Waals surface area contributed by atoms with E-state index in [2.05, 4.69) is 10.3 Å². The van der Waals surface area contributed by atoms with E-state index in [1.165, 1.54) is 7.11 Å². The fourth-order valence-corrected chi connectivity index (χ4v) is 1.71. The van der Waals surface area contributed by atoms with Crippen LogP contribution in [0.25, 0.3) is 0 Å². The number of benzene rings is 1. The first-order valence-corrected chi connectivity index (χ1v) is 6.36. The second kappa shape index (κ2) is 5.85. The van der Waals surface area contributed by atoms with Crippen molar-refractivity contribution in [1.82, 2.24) is 0 Å². The van der Waals surface area contributed by atoms with Crippen LogP contribution < -0.4 is 4.74 Å². The Bertz CT molecular complexity index is 535. The first-order chi connectivity index (χ1) is 8.40. The summed E-state index contributed by atoms with van der Waals surface area (Å²) in [5.74, 6) is 0.532. The van der Waals surface area contributed by atoms with Crippen LogP contribution >= 0.6 is 0 Å². The van der Waals surface area contributed by atoms with Gasteiger partial charge >= 0.3 is 0 Å². The zero-order valence-corrected chi connectivity index (χ0v) is 11.4. The maximum absolute atomic E-state index is 10.4. The van der Waals surface area contributed by atoms with E-state index in [1.807, 2.05) is 0 Å². The fourth-order valence-electron chi connectivity index (χ4n) is 1.47. The highest BCUT2D eigenvalue weighted by Gasteiger charge is 2.21. The normalized spacial score (nSPS) is 11.3. The van der Waals surface area contributed by atoms with Crippen LogP contribution in [0.2, 0.25) is 0 Å². The minimum absolute atomic E-state index is 0.1000. The number of hydrogen-bond acceptors (Lipinski definition) is 5. The van der Waals surface area contributed by atoms with Crippen molar-refractivity contribution in [2.45, 2.75) is 25.9 Å². The summed E-state index contributed by atoms with van der Waals surface area (Å²) < 4.78 is 30.5. The summed E-state index contributed by atoms with van der Waals surface area (Å²) in [4.78, 5) is 0. The number of methoxy groups -OCH3 is 1. The van der Waals surface area contributed by atoms with Crippen molar-refractivity contribution in [2.24, 2.45) is 0 Å². The Labute approximate surface area is 108 Å². The minimum Gasteiger partial charge on any atom is -0.496 e. The van der Waals surface area contributed by atoms with Gasteiger partial charge in [0.1, 0.15) is 5.75 Å². The van der Waals surface area contributed by atoms with Gasteiger partial charge in [-0.05, 0) is 31.5 Å². The topological polar surface area (TPSA) is 76.4 Å². The van der Waals surface area contributed by atoms with Gasteiger partial charge in [-0.15, -0.1) is 0 Å². The van der Waals surface area contributed by atoms with Gasteiger partial charge in [-0.3, -0.25) is 4.18 Å². The molecule has 98 valence electrons. The van der Waals surface area contributed by atoms with Gasteiger partial charge in [0.25, 0.3) is 11.0 Å². The van der Waals surface area contributed by atoms with E-state index < -0.39 is 16.4 Å². The largest absolute Gasteiger partial charge is 0.496 e. The van der Waals surface area contributed by atoms with Crippen LogP contribution in [0.5, 0.6) is 5.75 Å². The molecule has 0 N–H and O–H groups in total. The molecule has 0 atom stereocenters. The van der Waals surface area contributed by atoms with Crippen molar-refractivity contribution in [3.63, 3.8) is 0 Å². The zero-order chi connectivity index (χ0) is 13.8. The molecule has 0 saturated heterocycles. The van der Waals surface area contributed by atoms with E-state index in [4.69, 9.17) is 10.00 Å². The van der Waals surface area contributed by atoms with Gasteiger partial charge in [0.2, 0.25) is 0 Å². The molecule has 5 nitrogen and oxygen atoms in total. The van der Waals surface area contributed by atoms with Crippen LogP contribution in [0.3, 0.4) is 0 Å². The summed E-state index contributed by atoms with van der Waals surface area (Å²) in [6, 6.07) is 7.39. The van der Waals surface area contributed by atoms with Crippen molar-refractivity contribution in [3.05, 3.63) is 29.3 Å². The van der Waals surface area contributed by atoms with Gasteiger partial charge in [-0.25, -0.2) is 8.42 Å². The lowest BCUT2D eigenvalue weighted by atomic mass is 9.85. The fraction of sp³-hybridized carbons (Fsp3) is 0.417. The van der Waals surface area contributed by atoms with Gasteiger partial charge in [-0.1, -0.05) is 6.07 Å². The van der Waals surface area contributed by atoms with Gasteiger partial charge in [-0.2, -0.15) is 5.26 Å². The lowest BCUT2D eigenvalue weighted by molar-refractivity contribution is 0.312. The second-order valence-electron chi connectivity index (χ2n) is 4.26. The lowest BCUT2D eigenvalue weighted by Crippen LogP contribution is -2.14. The maximum Gasteiger partial charge on any atom is 0.257 e. The Balaban J connectivity index is 3.14. The van der Waals surface area contributed by atoms with Crippen LogP contribution in [0.15, 0.2) is 18.2 Å². The van der Waals surface area contributed by atoms with Crippen molar-refractivity contribution in [1.29, 1.82) is 5.26 Å². The standard InChI is InChI=1S/C12H15NO4S/c1-12(2,8-13)10-4-5-11(16-3)9(6-10)7-17-18(14)15/h4-6,18H,7H2,1-3H3. The van der Waals surface area contributed by atoms with Gasteiger partial charge in [0, 0.05) is 5.56 Å². The molecule has 0 fully saturated rings. The number of thiol groups is 1.